The molecule has 1 unspecified atom stereocenters. The standard InChI is InChI=1S/C15H16N4O2/c16-14(19-21)13(10-5-6-10)18-15(20)12-8-7-9-3-1-2-4-11(9)17-12/h1-4,7-8,10,13,21H,5-6H2,(H2,16,19)(H,18,20). The van der Waals surface area contributed by atoms with Crippen molar-refractivity contribution in [2.45, 2.75) is 18.9 Å². The van der Waals surface area contributed by atoms with Gasteiger partial charge in [0, 0.05) is 5.39 Å². The number of hydrogen-bond donors (Lipinski definition) is 3. The molecule has 3 rings (SSSR count). The van der Waals surface area contributed by atoms with Crippen molar-refractivity contribution in [3.8, 4) is 0 Å². The Morgan fingerprint density at radius 3 is 2.81 bits per heavy atom. The van der Waals surface area contributed by atoms with E-state index in [0.717, 1.165) is 23.7 Å². The van der Waals surface area contributed by atoms with E-state index in [1.165, 1.54) is 0 Å². The molecule has 1 aromatic carbocycles. The number of carbonyl (C=O) groups is 1. The van der Waals surface area contributed by atoms with Gasteiger partial charge >= 0.3 is 0 Å². The van der Waals surface area contributed by atoms with Gasteiger partial charge in [0.2, 0.25) is 0 Å². The number of carbonyl (C=O) groups excluding carboxylic acids is 1. The van der Waals surface area contributed by atoms with E-state index in [4.69, 9.17) is 10.9 Å². The molecule has 21 heavy (non-hydrogen) atoms. The van der Waals surface area contributed by atoms with Gasteiger partial charge in [-0.1, -0.05) is 29.4 Å². The van der Waals surface area contributed by atoms with Gasteiger partial charge < -0.3 is 16.3 Å². The average molecular weight is 284 g/mol. The van der Waals surface area contributed by atoms with Crippen LogP contribution in [0.5, 0.6) is 0 Å². The van der Waals surface area contributed by atoms with E-state index in [9.17, 15) is 4.79 Å². The summed E-state index contributed by atoms with van der Waals surface area (Å²) in [6, 6.07) is 10.7. The smallest absolute Gasteiger partial charge is 0.270 e. The first-order valence-electron chi connectivity index (χ1n) is 6.83. The highest BCUT2D eigenvalue weighted by molar-refractivity contribution is 5.98. The topological polar surface area (TPSA) is 101 Å². The van der Waals surface area contributed by atoms with Crippen LogP contribution in [0.2, 0.25) is 0 Å². The summed E-state index contributed by atoms with van der Waals surface area (Å²) in [7, 11) is 0. The van der Waals surface area contributed by atoms with E-state index < -0.39 is 6.04 Å². The number of pyridine rings is 1. The minimum absolute atomic E-state index is 0.0339. The third-order valence-electron chi connectivity index (χ3n) is 3.65. The van der Waals surface area contributed by atoms with E-state index in [-0.39, 0.29) is 17.7 Å². The Kier molecular flexibility index (Phi) is 3.43. The molecule has 1 aromatic heterocycles. The van der Waals surface area contributed by atoms with E-state index in [1.807, 2.05) is 30.3 Å². The van der Waals surface area contributed by atoms with Crippen LogP contribution in [0.3, 0.4) is 0 Å². The summed E-state index contributed by atoms with van der Waals surface area (Å²) in [4.78, 5) is 16.6. The zero-order valence-electron chi connectivity index (χ0n) is 11.4. The van der Waals surface area contributed by atoms with Crippen molar-refractivity contribution in [2.24, 2.45) is 16.8 Å². The van der Waals surface area contributed by atoms with Crippen molar-refractivity contribution >= 4 is 22.6 Å². The molecular weight excluding hydrogens is 268 g/mol. The van der Waals surface area contributed by atoms with Crippen molar-refractivity contribution < 1.29 is 10.0 Å². The van der Waals surface area contributed by atoms with Crippen molar-refractivity contribution in [3.63, 3.8) is 0 Å². The van der Waals surface area contributed by atoms with Gasteiger partial charge in [0.05, 0.1) is 11.6 Å². The number of aromatic nitrogens is 1. The second kappa shape index (κ2) is 5.40. The zero-order chi connectivity index (χ0) is 14.8. The zero-order valence-corrected chi connectivity index (χ0v) is 11.4. The lowest BCUT2D eigenvalue weighted by atomic mass is 10.1. The Labute approximate surface area is 121 Å². The summed E-state index contributed by atoms with van der Waals surface area (Å²) in [5.41, 5.74) is 6.73. The molecule has 108 valence electrons. The number of para-hydroxylation sites is 1. The summed E-state index contributed by atoms with van der Waals surface area (Å²) in [6.45, 7) is 0. The van der Waals surface area contributed by atoms with E-state index in [2.05, 4.69) is 15.5 Å². The normalized spacial score (nSPS) is 16.7. The first kappa shape index (κ1) is 13.4. The van der Waals surface area contributed by atoms with E-state index in [0.29, 0.717) is 5.69 Å². The van der Waals surface area contributed by atoms with E-state index in [1.54, 1.807) is 6.07 Å². The molecule has 6 heteroatoms. The summed E-state index contributed by atoms with van der Waals surface area (Å²) in [6.07, 6.45) is 1.93. The molecule has 6 nitrogen and oxygen atoms in total. The van der Waals surface area contributed by atoms with Crippen LogP contribution in [0.1, 0.15) is 23.3 Å². The van der Waals surface area contributed by atoms with E-state index >= 15 is 0 Å². The number of benzene rings is 1. The summed E-state index contributed by atoms with van der Waals surface area (Å²) in [5.74, 6) is -0.0406. The maximum Gasteiger partial charge on any atom is 0.270 e. The molecule has 1 heterocycles. The highest BCUT2D eigenvalue weighted by Crippen LogP contribution is 2.32. The highest BCUT2D eigenvalue weighted by Gasteiger charge is 2.35. The number of oxime groups is 1. The van der Waals surface area contributed by atoms with Crippen molar-refractivity contribution in [1.29, 1.82) is 0 Å². The van der Waals surface area contributed by atoms with Gasteiger partial charge in [-0.05, 0) is 30.9 Å². The molecule has 1 amide bonds. The molecular formula is C15H16N4O2. The quantitative estimate of drug-likeness (QED) is 0.343. The number of amides is 1. The predicted octanol–water partition coefficient (Wildman–Crippen LogP) is 1.49. The fourth-order valence-electron chi connectivity index (χ4n) is 2.33. The number of nitrogens with zero attached hydrogens (tertiary/aromatic N) is 2. The minimum atomic E-state index is -0.434. The van der Waals surface area contributed by atoms with Gasteiger partial charge in [-0.25, -0.2) is 4.98 Å². The van der Waals surface area contributed by atoms with Crippen LogP contribution in [-0.4, -0.2) is 28.0 Å². The molecule has 0 bridgehead atoms. The predicted molar refractivity (Wildman–Crippen MR) is 79.1 cm³/mol. The van der Waals surface area contributed by atoms with Crippen LogP contribution in [-0.2, 0) is 0 Å². The first-order valence-corrected chi connectivity index (χ1v) is 6.83. The van der Waals surface area contributed by atoms with Gasteiger partial charge in [-0.3, -0.25) is 4.79 Å². The summed E-state index contributed by atoms with van der Waals surface area (Å²) >= 11 is 0. The van der Waals surface area contributed by atoms with Gasteiger partial charge in [-0.2, -0.15) is 0 Å². The average Bonchev–Trinajstić information content (AvgIpc) is 3.35. The van der Waals surface area contributed by atoms with Crippen molar-refractivity contribution in [1.82, 2.24) is 10.3 Å². The molecule has 1 fully saturated rings. The number of nitrogens with one attached hydrogen (secondary N) is 1. The van der Waals surface area contributed by atoms with Crippen LogP contribution in [0.4, 0.5) is 0 Å². The molecule has 1 aliphatic carbocycles. The van der Waals surface area contributed by atoms with Crippen LogP contribution in [0.15, 0.2) is 41.6 Å². The largest absolute Gasteiger partial charge is 0.409 e. The fourth-order valence-corrected chi connectivity index (χ4v) is 2.33. The van der Waals surface area contributed by atoms with Crippen LogP contribution >= 0.6 is 0 Å². The summed E-state index contributed by atoms with van der Waals surface area (Å²) < 4.78 is 0. The monoisotopic (exact) mass is 284 g/mol. The Balaban J connectivity index is 1.82. The molecule has 1 saturated carbocycles. The fraction of sp³-hybridized carbons (Fsp3) is 0.267. The lowest BCUT2D eigenvalue weighted by Crippen LogP contribution is -2.46. The molecule has 0 radical (unpaired) electrons. The maximum atomic E-state index is 12.3. The van der Waals surface area contributed by atoms with Crippen LogP contribution < -0.4 is 11.1 Å². The lowest BCUT2D eigenvalue weighted by molar-refractivity contribution is 0.0938. The second-order valence-electron chi connectivity index (χ2n) is 5.20. The van der Waals surface area contributed by atoms with Gasteiger partial charge in [0.1, 0.15) is 5.69 Å². The van der Waals surface area contributed by atoms with Crippen molar-refractivity contribution in [2.75, 3.05) is 0 Å². The Hall–Kier alpha value is -2.63. The Bertz CT molecular complexity index is 710. The molecule has 1 atom stereocenters. The number of nitrogens with two attached hydrogens (primary N) is 1. The lowest BCUT2D eigenvalue weighted by Gasteiger charge is -2.16. The molecule has 2 aromatic rings. The highest BCUT2D eigenvalue weighted by atomic mass is 16.4. The van der Waals surface area contributed by atoms with Crippen LogP contribution in [0.25, 0.3) is 10.9 Å². The first-order chi connectivity index (χ1) is 10.2. The maximum absolute atomic E-state index is 12.3. The number of rotatable bonds is 4. The third-order valence-corrected chi connectivity index (χ3v) is 3.65. The molecule has 1 aliphatic rings. The molecule has 0 aliphatic heterocycles. The third kappa shape index (κ3) is 2.79. The molecule has 0 spiro atoms. The number of fused-ring (bicyclic) bond motifs is 1. The van der Waals surface area contributed by atoms with Crippen molar-refractivity contribution in [3.05, 3.63) is 42.1 Å². The molecule has 4 N–H and O–H groups in total. The van der Waals surface area contributed by atoms with Gasteiger partial charge in [0.15, 0.2) is 5.84 Å². The van der Waals surface area contributed by atoms with Gasteiger partial charge in [-0.15, -0.1) is 0 Å². The molecule has 0 saturated heterocycles. The van der Waals surface area contributed by atoms with Crippen LogP contribution in [0, 0.1) is 5.92 Å². The Morgan fingerprint density at radius 2 is 2.10 bits per heavy atom. The number of hydrogen-bond acceptors (Lipinski definition) is 4. The Morgan fingerprint density at radius 1 is 1.33 bits per heavy atom. The number of amidine groups is 1. The van der Waals surface area contributed by atoms with Gasteiger partial charge in [0.25, 0.3) is 5.91 Å². The SMILES string of the molecule is NC(=NO)C(NC(=O)c1ccc2ccccc2n1)C1CC1. The second-order valence-corrected chi connectivity index (χ2v) is 5.20. The minimum Gasteiger partial charge on any atom is -0.409 e. The summed E-state index contributed by atoms with van der Waals surface area (Å²) in [5, 5.41) is 15.6.